The Bertz CT molecular complexity index is 1290. The minimum atomic E-state index is -3.77. The number of nitrogens with zero attached hydrogens (tertiary/aromatic N) is 1. The van der Waals surface area contributed by atoms with Crippen molar-refractivity contribution in [2.45, 2.75) is 18.2 Å². The summed E-state index contributed by atoms with van der Waals surface area (Å²) < 4.78 is 33.2. The van der Waals surface area contributed by atoms with E-state index in [1.165, 1.54) is 22.5 Å². The summed E-state index contributed by atoms with van der Waals surface area (Å²) in [6.07, 6.45) is 0.658. The summed E-state index contributed by atoms with van der Waals surface area (Å²) in [6.45, 7) is 1.88. The number of carbonyl (C=O) groups excluding carboxylic acids is 1. The Morgan fingerprint density at radius 2 is 1.84 bits per heavy atom. The number of anilines is 2. The zero-order valence-electron chi connectivity index (χ0n) is 17.1. The molecule has 0 radical (unpaired) electrons. The lowest BCUT2D eigenvalue weighted by atomic mass is 10.2. The predicted octanol–water partition coefficient (Wildman–Crippen LogP) is 5.07. The van der Waals surface area contributed by atoms with E-state index in [1.54, 1.807) is 31.2 Å². The number of fused-ring (bicyclic) bond motifs is 1. The molecule has 1 aliphatic heterocycles. The van der Waals surface area contributed by atoms with Crippen molar-refractivity contribution in [1.29, 1.82) is 0 Å². The van der Waals surface area contributed by atoms with Crippen LogP contribution >= 0.6 is 23.2 Å². The van der Waals surface area contributed by atoms with E-state index in [4.69, 9.17) is 27.9 Å². The van der Waals surface area contributed by atoms with Gasteiger partial charge in [0.05, 0.1) is 15.6 Å². The quantitative estimate of drug-likeness (QED) is 0.523. The molecule has 0 bridgehead atoms. The number of rotatable bonds is 6. The van der Waals surface area contributed by atoms with Crippen molar-refractivity contribution in [3.8, 4) is 5.75 Å². The fraction of sp³-hybridized carbons (Fsp3) is 0.174. The van der Waals surface area contributed by atoms with Crippen molar-refractivity contribution >= 4 is 50.5 Å². The van der Waals surface area contributed by atoms with Gasteiger partial charge in [-0.05, 0) is 60.9 Å². The van der Waals surface area contributed by atoms with Crippen molar-refractivity contribution in [3.05, 3.63) is 81.8 Å². The summed E-state index contributed by atoms with van der Waals surface area (Å²) >= 11 is 12.3. The monoisotopic (exact) mass is 490 g/mol. The van der Waals surface area contributed by atoms with E-state index in [0.717, 1.165) is 11.1 Å². The van der Waals surface area contributed by atoms with Crippen LogP contribution in [0, 0.1) is 6.92 Å². The zero-order chi connectivity index (χ0) is 22.9. The minimum absolute atomic E-state index is 0.0607. The summed E-state index contributed by atoms with van der Waals surface area (Å²) in [4.78, 5) is 12.3. The summed E-state index contributed by atoms with van der Waals surface area (Å²) in [5.41, 5.74) is 3.00. The lowest BCUT2D eigenvalue weighted by molar-refractivity contribution is -0.118. The molecule has 4 rings (SSSR count). The normalized spacial score (nSPS) is 13.0. The Labute approximate surface area is 196 Å². The Morgan fingerprint density at radius 1 is 1.06 bits per heavy atom. The lowest BCUT2D eigenvalue weighted by Crippen LogP contribution is -2.29. The van der Waals surface area contributed by atoms with Crippen LogP contribution in [0.25, 0.3) is 0 Å². The van der Waals surface area contributed by atoms with Crippen molar-refractivity contribution in [2.75, 3.05) is 22.8 Å². The molecule has 0 atom stereocenters. The number of benzene rings is 3. The molecular weight excluding hydrogens is 471 g/mol. The molecule has 166 valence electrons. The van der Waals surface area contributed by atoms with Gasteiger partial charge in [0, 0.05) is 17.3 Å². The molecule has 0 saturated carbocycles. The maximum Gasteiger partial charge on any atom is 0.264 e. The summed E-state index contributed by atoms with van der Waals surface area (Å²) in [7, 11) is -3.77. The molecule has 0 spiro atoms. The van der Waals surface area contributed by atoms with Crippen LogP contribution in [0.2, 0.25) is 10.0 Å². The van der Waals surface area contributed by atoms with Crippen LogP contribution in [0.4, 0.5) is 11.4 Å². The molecule has 32 heavy (non-hydrogen) atoms. The van der Waals surface area contributed by atoms with Gasteiger partial charge in [-0.15, -0.1) is 0 Å². The van der Waals surface area contributed by atoms with E-state index < -0.39 is 15.9 Å². The minimum Gasteiger partial charge on any atom is -0.482 e. The van der Waals surface area contributed by atoms with Gasteiger partial charge >= 0.3 is 0 Å². The topological polar surface area (TPSA) is 75.7 Å². The number of nitrogens with one attached hydrogen (secondary N) is 1. The molecule has 0 saturated heterocycles. The van der Waals surface area contributed by atoms with Gasteiger partial charge in [-0.1, -0.05) is 47.5 Å². The number of sulfonamides is 1. The molecule has 0 aromatic heterocycles. The van der Waals surface area contributed by atoms with Crippen molar-refractivity contribution < 1.29 is 17.9 Å². The highest BCUT2D eigenvalue weighted by Crippen LogP contribution is 2.35. The van der Waals surface area contributed by atoms with E-state index in [2.05, 4.69) is 5.32 Å². The molecule has 1 amide bonds. The Morgan fingerprint density at radius 3 is 2.62 bits per heavy atom. The molecule has 0 unspecified atom stereocenters. The first-order valence-electron chi connectivity index (χ1n) is 9.85. The van der Waals surface area contributed by atoms with Crippen LogP contribution in [-0.4, -0.2) is 27.5 Å². The van der Waals surface area contributed by atoms with E-state index in [-0.39, 0.29) is 22.3 Å². The summed E-state index contributed by atoms with van der Waals surface area (Å²) in [6, 6.07) is 16.8. The molecular formula is C23H20Cl2N2O4S. The molecule has 0 aliphatic carbocycles. The van der Waals surface area contributed by atoms with Gasteiger partial charge < -0.3 is 10.1 Å². The van der Waals surface area contributed by atoms with Crippen molar-refractivity contribution in [3.63, 3.8) is 0 Å². The average molecular weight is 491 g/mol. The van der Waals surface area contributed by atoms with Crippen LogP contribution in [-0.2, 0) is 21.2 Å². The third-order valence-electron chi connectivity index (χ3n) is 5.24. The van der Waals surface area contributed by atoms with Gasteiger partial charge in [-0.3, -0.25) is 9.10 Å². The molecule has 1 heterocycles. The standard InChI is InChI=1S/C23H20Cl2N2O4S/c1-15-18(24)6-4-7-20(15)26-23(28)14-31-22-10-9-17(13-19(22)25)32(29,30)27-12-11-16-5-2-3-8-21(16)27/h2-10,13H,11-12,14H2,1H3,(H,26,28). The van der Waals surface area contributed by atoms with Crippen LogP contribution in [0.3, 0.4) is 0 Å². The van der Waals surface area contributed by atoms with Crippen LogP contribution in [0.5, 0.6) is 5.75 Å². The van der Waals surface area contributed by atoms with Gasteiger partial charge in [0.15, 0.2) is 6.61 Å². The molecule has 0 fully saturated rings. The van der Waals surface area contributed by atoms with Crippen molar-refractivity contribution in [2.24, 2.45) is 0 Å². The maximum atomic E-state index is 13.1. The fourth-order valence-electron chi connectivity index (χ4n) is 3.52. The summed E-state index contributed by atoms with van der Waals surface area (Å²) in [5, 5.41) is 3.38. The Kier molecular flexibility index (Phi) is 6.33. The van der Waals surface area contributed by atoms with E-state index in [1.807, 2.05) is 18.2 Å². The van der Waals surface area contributed by atoms with E-state index >= 15 is 0 Å². The number of hydrogen-bond donors (Lipinski definition) is 1. The molecule has 3 aromatic rings. The molecule has 1 aliphatic rings. The second kappa shape index (κ2) is 9.02. The molecule has 9 heteroatoms. The number of carbonyl (C=O) groups is 1. The highest BCUT2D eigenvalue weighted by atomic mass is 35.5. The second-order valence-electron chi connectivity index (χ2n) is 7.30. The molecule has 6 nitrogen and oxygen atoms in total. The first-order valence-corrected chi connectivity index (χ1v) is 12.0. The highest BCUT2D eigenvalue weighted by molar-refractivity contribution is 7.92. The number of halogens is 2. The number of ether oxygens (including phenoxy) is 1. The zero-order valence-corrected chi connectivity index (χ0v) is 19.5. The predicted molar refractivity (Wildman–Crippen MR) is 126 cm³/mol. The smallest absolute Gasteiger partial charge is 0.264 e. The van der Waals surface area contributed by atoms with Gasteiger partial charge in [0.25, 0.3) is 15.9 Å². The van der Waals surface area contributed by atoms with E-state index in [0.29, 0.717) is 29.4 Å². The first-order chi connectivity index (χ1) is 15.3. The summed E-state index contributed by atoms with van der Waals surface area (Å²) in [5.74, 6) is -0.179. The number of para-hydroxylation sites is 1. The lowest BCUT2D eigenvalue weighted by Gasteiger charge is -2.20. The first kappa shape index (κ1) is 22.5. The average Bonchev–Trinajstić information content (AvgIpc) is 3.21. The van der Waals surface area contributed by atoms with Crippen LogP contribution < -0.4 is 14.4 Å². The maximum absolute atomic E-state index is 13.1. The van der Waals surface area contributed by atoms with Gasteiger partial charge in [-0.2, -0.15) is 0 Å². The second-order valence-corrected chi connectivity index (χ2v) is 9.97. The molecule has 1 N–H and O–H groups in total. The van der Waals surface area contributed by atoms with Gasteiger partial charge in [-0.25, -0.2) is 8.42 Å². The van der Waals surface area contributed by atoms with Crippen molar-refractivity contribution in [1.82, 2.24) is 0 Å². The Hall–Kier alpha value is -2.74. The van der Waals surface area contributed by atoms with Gasteiger partial charge in [0.2, 0.25) is 0 Å². The molecule has 3 aromatic carbocycles. The largest absolute Gasteiger partial charge is 0.482 e. The van der Waals surface area contributed by atoms with Gasteiger partial charge in [0.1, 0.15) is 5.75 Å². The third kappa shape index (κ3) is 4.41. The number of amides is 1. The third-order valence-corrected chi connectivity index (χ3v) is 7.75. The fourth-order valence-corrected chi connectivity index (χ4v) is 5.52. The van der Waals surface area contributed by atoms with Crippen LogP contribution in [0.1, 0.15) is 11.1 Å². The van der Waals surface area contributed by atoms with E-state index in [9.17, 15) is 13.2 Å². The van der Waals surface area contributed by atoms with Crippen LogP contribution in [0.15, 0.2) is 65.6 Å². The number of hydrogen-bond acceptors (Lipinski definition) is 4. The SMILES string of the molecule is Cc1c(Cl)cccc1NC(=O)COc1ccc(S(=O)(=O)N2CCc3ccccc32)cc1Cl. The Balaban J connectivity index is 1.46. The highest BCUT2D eigenvalue weighted by Gasteiger charge is 2.31.